The summed E-state index contributed by atoms with van der Waals surface area (Å²) in [6.07, 6.45) is 6.81. The molecule has 0 aliphatic carbocycles. The first kappa shape index (κ1) is 26.6. The van der Waals surface area contributed by atoms with Crippen molar-refractivity contribution in [3.63, 3.8) is 0 Å². The van der Waals surface area contributed by atoms with Gasteiger partial charge in [0.05, 0.1) is 11.9 Å². The molecule has 202 valence electrons. The predicted octanol–water partition coefficient (Wildman–Crippen LogP) is 6.22. The molecule has 1 saturated heterocycles. The Morgan fingerprint density at radius 1 is 0.974 bits per heavy atom. The Hall–Kier alpha value is -3.98. The SMILES string of the molecule is Cc1ccc(Oc2ccc(OCC3CCN(C(=O)Oc4ccc(C(S)c5nccn5C)cc4)CC3)cc2)nc1. The Morgan fingerprint density at radius 2 is 1.67 bits per heavy atom. The van der Waals surface area contributed by atoms with Gasteiger partial charge in [-0.15, -0.1) is 0 Å². The normalized spacial score (nSPS) is 14.6. The molecule has 0 radical (unpaired) electrons. The monoisotopic (exact) mass is 544 g/mol. The Balaban J connectivity index is 1.04. The second-order valence-electron chi connectivity index (χ2n) is 9.72. The molecular formula is C30H32N4O4S. The summed E-state index contributed by atoms with van der Waals surface area (Å²) in [7, 11) is 1.94. The lowest BCUT2D eigenvalue weighted by atomic mass is 9.98. The Morgan fingerprint density at radius 3 is 2.31 bits per heavy atom. The summed E-state index contributed by atoms with van der Waals surface area (Å²) >= 11 is 4.69. The van der Waals surface area contributed by atoms with Crippen molar-refractivity contribution in [1.29, 1.82) is 0 Å². The van der Waals surface area contributed by atoms with E-state index in [-0.39, 0.29) is 11.3 Å². The fourth-order valence-corrected chi connectivity index (χ4v) is 4.83. The van der Waals surface area contributed by atoms with E-state index in [1.54, 1.807) is 29.4 Å². The van der Waals surface area contributed by atoms with E-state index < -0.39 is 0 Å². The third kappa shape index (κ3) is 6.92. The van der Waals surface area contributed by atoms with E-state index in [2.05, 4.69) is 22.6 Å². The van der Waals surface area contributed by atoms with Gasteiger partial charge in [-0.05, 0) is 73.2 Å². The van der Waals surface area contributed by atoms with Crippen molar-refractivity contribution in [2.75, 3.05) is 19.7 Å². The maximum absolute atomic E-state index is 12.7. The predicted molar refractivity (Wildman–Crippen MR) is 152 cm³/mol. The number of nitrogens with zero attached hydrogens (tertiary/aromatic N) is 4. The maximum atomic E-state index is 12.7. The lowest BCUT2D eigenvalue weighted by Crippen LogP contribution is -2.41. The summed E-state index contributed by atoms with van der Waals surface area (Å²) in [5.41, 5.74) is 2.07. The standard InChI is InChI=1S/C30H32N4O4S/c1-21-3-12-27(32-19-21)37-25-10-8-24(9-11-25)36-20-22-13-16-34(17-14-22)30(35)38-26-6-4-23(5-7-26)28(39)29-31-15-18-33(29)2/h3-12,15,18-19,22,28,39H,13-14,16-17,20H2,1-2H3. The van der Waals surface area contributed by atoms with Gasteiger partial charge in [0, 0.05) is 44.8 Å². The van der Waals surface area contributed by atoms with Gasteiger partial charge in [0.2, 0.25) is 5.88 Å². The molecule has 2 aromatic carbocycles. The molecule has 1 aliphatic rings. The van der Waals surface area contributed by atoms with Crippen molar-refractivity contribution < 1.29 is 19.0 Å². The van der Waals surface area contributed by atoms with Crippen molar-refractivity contribution in [2.45, 2.75) is 25.0 Å². The zero-order valence-corrected chi connectivity index (χ0v) is 23.0. The van der Waals surface area contributed by atoms with E-state index in [1.807, 2.05) is 73.3 Å². The number of rotatable bonds is 8. The van der Waals surface area contributed by atoms with Gasteiger partial charge in [-0.3, -0.25) is 0 Å². The summed E-state index contributed by atoms with van der Waals surface area (Å²) in [6.45, 7) is 3.87. The molecule has 1 unspecified atom stereocenters. The highest BCUT2D eigenvalue weighted by Crippen LogP contribution is 2.29. The van der Waals surface area contributed by atoms with Crippen LogP contribution in [0.3, 0.4) is 0 Å². The Kier molecular flexibility index (Phi) is 8.36. The smallest absolute Gasteiger partial charge is 0.415 e. The second kappa shape index (κ2) is 12.3. The van der Waals surface area contributed by atoms with Gasteiger partial charge in [0.15, 0.2) is 0 Å². The summed E-state index contributed by atoms with van der Waals surface area (Å²) in [5.74, 6) is 3.80. The zero-order valence-electron chi connectivity index (χ0n) is 22.1. The van der Waals surface area contributed by atoms with Crippen LogP contribution >= 0.6 is 12.6 Å². The first-order chi connectivity index (χ1) is 18.9. The number of likely N-dealkylation sites (tertiary alicyclic amines) is 1. The van der Waals surface area contributed by atoms with Gasteiger partial charge >= 0.3 is 6.09 Å². The van der Waals surface area contributed by atoms with Crippen LogP contribution in [0.1, 0.15) is 35.0 Å². The third-order valence-corrected chi connectivity index (χ3v) is 7.32. The minimum Gasteiger partial charge on any atom is -0.493 e. The van der Waals surface area contributed by atoms with Gasteiger partial charge < -0.3 is 23.7 Å². The number of hydrogen-bond donors (Lipinski definition) is 1. The van der Waals surface area contributed by atoms with Crippen molar-refractivity contribution >= 4 is 18.7 Å². The summed E-state index contributed by atoms with van der Waals surface area (Å²) < 4.78 is 19.3. The Bertz CT molecular complexity index is 1370. The van der Waals surface area contributed by atoms with Gasteiger partial charge in [0.25, 0.3) is 0 Å². The fourth-order valence-electron chi connectivity index (χ4n) is 4.41. The average Bonchev–Trinajstić information content (AvgIpc) is 3.40. The number of ether oxygens (including phenoxy) is 3. The maximum Gasteiger partial charge on any atom is 0.415 e. The van der Waals surface area contributed by atoms with Crippen LogP contribution < -0.4 is 14.2 Å². The number of aromatic nitrogens is 3. The molecular weight excluding hydrogens is 512 g/mol. The molecule has 1 amide bonds. The molecule has 9 heteroatoms. The second-order valence-corrected chi connectivity index (χ2v) is 10.2. The van der Waals surface area contributed by atoms with Crippen molar-refractivity contribution in [3.8, 4) is 23.1 Å². The lowest BCUT2D eigenvalue weighted by Gasteiger charge is -2.31. The number of hydrogen-bond acceptors (Lipinski definition) is 7. The third-order valence-electron chi connectivity index (χ3n) is 6.79. The van der Waals surface area contributed by atoms with Crippen LogP contribution in [0.15, 0.2) is 79.3 Å². The zero-order chi connectivity index (χ0) is 27.2. The number of pyridine rings is 1. The van der Waals surface area contributed by atoms with Gasteiger partial charge in [-0.1, -0.05) is 18.2 Å². The van der Waals surface area contributed by atoms with Crippen molar-refractivity contribution in [1.82, 2.24) is 19.4 Å². The number of thiol groups is 1. The van der Waals surface area contributed by atoms with Gasteiger partial charge in [-0.2, -0.15) is 12.6 Å². The lowest BCUT2D eigenvalue weighted by molar-refractivity contribution is 0.117. The van der Waals surface area contributed by atoms with Crippen LogP contribution in [-0.4, -0.2) is 45.2 Å². The van der Waals surface area contributed by atoms with Crippen molar-refractivity contribution in [2.24, 2.45) is 13.0 Å². The van der Waals surface area contributed by atoms with Crippen LogP contribution in [0.5, 0.6) is 23.1 Å². The largest absolute Gasteiger partial charge is 0.493 e. The summed E-state index contributed by atoms with van der Waals surface area (Å²) in [4.78, 5) is 23.1. The molecule has 5 rings (SSSR count). The van der Waals surface area contributed by atoms with E-state index >= 15 is 0 Å². The minimum atomic E-state index is -0.327. The minimum absolute atomic E-state index is 0.154. The number of aryl methyl sites for hydroxylation is 2. The van der Waals surface area contributed by atoms with Crippen LogP contribution in [0.2, 0.25) is 0 Å². The molecule has 4 aromatic rings. The number of piperidine rings is 1. The molecule has 0 saturated carbocycles. The first-order valence-corrected chi connectivity index (χ1v) is 13.5. The molecule has 3 heterocycles. The van der Waals surface area contributed by atoms with Gasteiger partial charge in [0.1, 0.15) is 23.1 Å². The van der Waals surface area contributed by atoms with Crippen LogP contribution in [0.4, 0.5) is 4.79 Å². The van der Waals surface area contributed by atoms with E-state index in [9.17, 15) is 4.79 Å². The molecule has 0 spiro atoms. The van der Waals surface area contributed by atoms with Crippen LogP contribution in [0.25, 0.3) is 0 Å². The van der Waals surface area contributed by atoms with Crippen LogP contribution in [0, 0.1) is 12.8 Å². The van der Waals surface area contributed by atoms with E-state index in [4.69, 9.17) is 14.2 Å². The van der Waals surface area contributed by atoms with Crippen molar-refractivity contribution in [3.05, 3.63) is 96.2 Å². The molecule has 0 N–H and O–H groups in total. The fraction of sp³-hybridized carbons (Fsp3) is 0.300. The summed E-state index contributed by atoms with van der Waals surface area (Å²) in [5, 5.41) is -0.154. The number of carbonyl (C=O) groups excluding carboxylic acids is 1. The number of carbonyl (C=O) groups is 1. The Labute approximate surface area is 234 Å². The number of amides is 1. The molecule has 39 heavy (non-hydrogen) atoms. The van der Waals surface area contributed by atoms with Crippen LogP contribution in [-0.2, 0) is 7.05 Å². The van der Waals surface area contributed by atoms with E-state index in [0.29, 0.717) is 43.0 Å². The summed E-state index contributed by atoms with van der Waals surface area (Å²) in [6, 6.07) is 18.8. The molecule has 1 aliphatic heterocycles. The highest BCUT2D eigenvalue weighted by Gasteiger charge is 2.25. The molecule has 0 bridgehead atoms. The quantitative estimate of drug-likeness (QED) is 0.265. The number of benzene rings is 2. The highest BCUT2D eigenvalue weighted by molar-refractivity contribution is 7.80. The first-order valence-electron chi connectivity index (χ1n) is 13.0. The van der Waals surface area contributed by atoms with E-state index in [0.717, 1.165) is 35.5 Å². The number of imidazole rings is 1. The topological polar surface area (TPSA) is 78.7 Å². The highest BCUT2D eigenvalue weighted by atomic mass is 32.1. The van der Waals surface area contributed by atoms with E-state index in [1.165, 1.54) is 0 Å². The molecule has 8 nitrogen and oxygen atoms in total. The molecule has 1 atom stereocenters. The average molecular weight is 545 g/mol. The molecule has 1 fully saturated rings. The molecule has 2 aromatic heterocycles. The van der Waals surface area contributed by atoms with Gasteiger partial charge in [-0.25, -0.2) is 14.8 Å².